The molecule has 2 N–H and O–H groups in total. The number of likely N-dealkylation sites (N-methyl/N-ethyl adjacent to an activating group) is 1. The number of carboxylic acids is 1. The van der Waals surface area contributed by atoms with Gasteiger partial charge in [-0.05, 0) is 43.6 Å². The fraction of sp³-hybridized carbons (Fsp3) is 0.571. The highest BCUT2D eigenvalue weighted by molar-refractivity contribution is 7.09. The van der Waals surface area contributed by atoms with Crippen molar-refractivity contribution in [3.63, 3.8) is 0 Å². The summed E-state index contributed by atoms with van der Waals surface area (Å²) in [6.07, 6.45) is 2.51. The van der Waals surface area contributed by atoms with Crippen molar-refractivity contribution < 1.29 is 14.7 Å². The highest BCUT2D eigenvalue weighted by atomic mass is 32.1. The molecule has 0 aliphatic heterocycles. The van der Waals surface area contributed by atoms with E-state index in [0.29, 0.717) is 6.54 Å². The summed E-state index contributed by atoms with van der Waals surface area (Å²) in [5.41, 5.74) is -1.14. The number of aliphatic carboxylic acids is 1. The van der Waals surface area contributed by atoms with Crippen molar-refractivity contribution >= 4 is 23.3 Å². The van der Waals surface area contributed by atoms with Crippen LogP contribution in [-0.4, -0.2) is 41.1 Å². The summed E-state index contributed by atoms with van der Waals surface area (Å²) in [5, 5.41) is 14.0. The van der Waals surface area contributed by atoms with Gasteiger partial charge in [-0.25, -0.2) is 9.59 Å². The second-order valence-corrected chi connectivity index (χ2v) is 6.50. The molecular weight excluding hydrogens is 276 g/mol. The maximum Gasteiger partial charge on any atom is 0.329 e. The average Bonchev–Trinajstić information content (AvgIpc) is 3.13. The molecule has 0 radical (unpaired) electrons. The molecule has 5 nitrogen and oxygen atoms in total. The third kappa shape index (κ3) is 3.30. The molecule has 20 heavy (non-hydrogen) atoms. The second-order valence-electron chi connectivity index (χ2n) is 5.46. The first-order valence-corrected chi connectivity index (χ1v) is 7.60. The topological polar surface area (TPSA) is 69.6 Å². The van der Waals surface area contributed by atoms with Crippen LogP contribution in [0.3, 0.4) is 0 Å². The first-order valence-electron chi connectivity index (χ1n) is 6.72. The molecular formula is C14H20N2O3S. The number of nitrogens with zero attached hydrogens (tertiary/aromatic N) is 1. The molecule has 0 aromatic carbocycles. The SMILES string of the molecule is CN(CCc1cccs1)C(=O)NC(C)(C(=O)O)C1CC1. The van der Waals surface area contributed by atoms with E-state index in [1.807, 2.05) is 17.5 Å². The third-order valence-corrected chi connectivity index (χ3v) is 4.76. The van der Waals surface area contributed by atoms with Crippen molar-refractivity contribution in [2.75, 3.05) is 13.6 Å². The number of nitrogens with one attached hydrogen (secondary N) is 1. The molecule has 6 heteroatoms. The van der Waals surface area contributed by atoms with Crippen LogP contribution in [0.4, 0.5) is 4.79 Å². The molecule has 1 fully saturated rings. The fourth-order valence-corrected chi connectivity index (χ4v) is 2.84. The summed E-state index contributed by atoms with van der Waals surface area (Å²) in [5.74, 6) is -0.908. The second kappa shape index (κ2) is 5.83. The lowest BCUT2D eigenvalue weighted by molar-refractivity contribution is -0.144. The Kier molecular flexibility index (Phi) is 4.32. The van der Waals surface area contributed by atoms with Crippen LogP contribution in [0.25, 0.3) is 0 Å². The van der Waals surface area contributed by atoms with Gasteiger partial charge in [-0.2, -0.15) is 0 Å². The van der Waals surface area contributed by atoms with Gasteiger partial charge in [-0.1, -0.05) is 6.07 Å². The predicted octanol–water partition coefficient (Wildman–Crippen LogP) is 2.19. The van der Waals surface area contributed by atoms with E-state index >= 15 is 0 Å². The Bertz CT molecular complexity index is 485. The van der Waals surface area contributed by atoms with Crippen molar-refractivity contribution in [3.8, 4) is 0 Å². The summed E-state index contributed by atoms with van der Waals surface area (Å²) >= 11 is 1.66. The van der Waals surface area contributed by atoms with Crippen LogP contribution in [0.2, 0.25) is 0 Å². The third-order valence-electron chi connectivity index (χ3n) is 3.83. The zero-order chi connectivity index (χ0) is 14.8. The molecule has 0 bridgehead atoms. The summed E-state index contributed by atoms with van der Waals surface area (Å²) in [6.45, 7) is 2.17. The van der Waals surface area contributed by atoms with Gasteiger partial charge in [0.1, 0.15) is 5.54 Å². The van der Waals surface area contributed by atoms with E-state index in [1.165, 1.54) is 4.88 Å². The van der Waals surface area contributed by atoms with E-state index in [9.17, 15) is 14.7 Å². The van der Waals surface area contributed by atoms with E-state index < -0.39 is 11.5 Å². The lowest BCUT2D eigenvalue weighted by Crippen LogP contribution is -2.57. The van der Waals surface area contributed by atoms with E-state index in [0.717, 1.165) is 19.3 Å². The number of urea groups is 1. The van der Waals surface area contributed by atoms with Gasteiger partial charge in [0.25, 0.3) is 0 Å². The average molecular weight is 296 g/mol. The molecule has 1 aromatic rings. The molecule has 1 atom stereocenters. The van der Waals surface area contributed by atoms with Crippen LogP contribution in [0.15, 0.2) is 17.5 Å². The number of amides is 2. The lowest BCUT2D eigenvalue weighted by atomic mass is 9.96. The molecule has 1 aliphatic carbocycles. The van der Waals surface area contributed by atoms with Gasteiger partial charge in [0, 0.05) is 18.5 Å². The molecule has 110 valence electrons. The van der Waals surface area contributed by atoms with Crippen molar-refractivity contribution in [3.05, 3.63) is 22.4 Å². The minimum absolute atomic E-state index is 0.0506. The Hall–Kier alpha value is -1.56. The first-order chi connectivity index (χ1) is 9.43. The molecule has 1 aliphatic rings. The monoisotopic (exact) mass is 296 g/mol. The minimum Gasteiger partial charge on any atom is -0.480 e. The zero-order valence-electron chi connectivity index (χ0n) is 11.8. The van der Waals surface area contributed by atoms with E-state index in [4.69, 9.17) is 0 Å². The minimum atomic E-state index is -1.14. The van der Waals surface area contributed by atoms with Crippen molar-refractivity contribution in [2.45, 2.75) is 31.7 Å². The summed E-state index contributed by atoms with van der Waals surface area (Å²) in [4.78, 5) is 26.2. The number of carbonyl (C=O) groups is 2. The molecule has 1 unspecified atom stereocenters. The van der Waals surface area contributed by atoms with Gasteiger partial charge >= 0.3 is 12.0 Å². The molecule has 1 saturated carbocycles. The maximum absolute atomic E-state index is 12.1. The Morgan fingerprint density at radius 2 is 2.25 bits per heavy atom. The number of hydrogen-bond donors (Lipinski definition) is 2. The van der Waals surface area contributed by atoms with E-state index in [2.05, 4.69) is 5.32 Å². The van der Waals surface area contributed by atoms with Crippen molar-refractivity contribution in [1.29, 1.82) is 0 Å². The van der Waals surface area contributed by atoms with E-state index in [1.54, 1.807) is 30.2 Å². The number of rotatable bonds is 6. The van der Waals surface area contributed by atoms with Gasteiger partial charge in [-0.3, -0.25) is 0 Å². The van der Waals surface area contributed by atoms with Gasteiger partial charge < -0.3 is 15.3 Å². The van der Waals surface area contributed by atoms with Crippen LogP contribution in [0.5, 0.6) is 0 Å². The molecule has 1 aromatic heterocycles. The predicted molar refractivity (Wildman–Crippen MR) is 77.9 cm³/mol. The molecule has 2 amide bonds. The van der Waals surface area contributed by atoms with Gasteiger partial charge in [0.15, 0.2) is 0 Å². The summed E-state index contributed by atoms with van der Waals surface area (Å²) < 4.78 is 0. The molecule has 0 spiro atoms. The zero-order valence-corrected chi connectivity index (χ0v) is 12.6. The molecule has 1 heterocycles. The highest BCUT2D eigenvalue weighted by Gasteiger charge is 2.48. The van der Waals surface area contributed by atoms with Crippen molar-refractivity contribution in [2.24, 2.45) is 5.92 Å². The van der Waals surface area contributed by atoms with Gasteiger partial charge in [0.2, 0.25) is 0 Å². The van der Waals surface area contributed by atoms with Gasteiger partial charge in [-0.15, -0.1) is 11.3 Å². The highest BCUT2D eigenvalue weighted by Crippen LogP contribution is 2.39. The Morgan fingerprint density at radius 1 is 1.55 bits per heavy atom. The largest absolute Gasteiger partial charge is 0.480 e. The Labute approximate surface area is 122 Å². The van der Waals surface area contributed by atoms with Crippen LogP contribution < -0.4 is 5.32 Å². The maximum atomic E-state index is 12.1. The fourth-order valence-electron chi connectivity index (χ4n) is 2.14. The quantitative estimate of drug-likeness (QED) is 0.845. The van der Waals surface area contributed by atoms with Gasteiger partial charge in [0.05, 0.1) is 0 Å². The van der Waals surface area contributed by atoms with Crippen molar-refractivity contribution in [1.82, 2.24) is 10.2 Å². The van der Waals surface area contributed by atoms with Crippen LogP contribution in [-0.2, 0) is 11.2 Å². The Balaban J connectivity index is 1.88. The summed E-state index contributed by atoms with van der Waals surface area (Å²) in [6, 6.07) is 3.69. The van der Waals surface area contributed by atoms with Crippen LogP contribution >= 0.6 is 11.3 Å². The normalized spacial score (nSPS) is 17.3. The number of thiophene rings is 1. The molecule has 2 rings (SSSR count). The first kappa shape index (κ1) is 14.8. The summed E-state index contributed by atoms with van der Waals surface area (Å²) in [7, 11) is 1.69. The number of carbonyl (C=O) groups excluding carboxylic acids is 1. The van der Waals surface area contributed by atoms with Crippen LogP contribution in [0, 0.1) is 5.92 Å². The smallest absolute Gasteiger partial charge is 0.329 e. The number of carboxylic acid groups (broad SMARTS) is 1. The van der Waals surface area contributed by atoms with Crippen LogP contribution in [0.1, 0.15) is 24.6 Å². The lowest BCUT2D eigenvalue weighted by Gasteiger charge is -2.29. The Morgan fingerprint density at radius 3 is 2.75 bits per heavy atom. The standard InChI is InChI=1S/C14H20N2O3S/c1-14(12(17)18,10-5-6-10)15-13(19)16(2)8-7-11-4-3-9-20-11/h3-4,9-10H,5-8H2,1-2H3,(H,15,19)(H,17,18). The molecule has 0 saturated heterocycles. The van der Waals surface area contributed by atoms with E-state index in [-0.39, 0.29) is 11.9 Å². The number of hydrogen-bond acceptors (Lipinski definition) is 3.